The summed E-state index contributed by atoms with van der Waals surface area (Å²) >= 11 is 0. The number of hydrogen-bond donors (Lipinski definition) is 2. The van der Waals surface area contributed by atoms with Crippen molar-refractivity contribution < 1.29 is 13.2 Å². The second kappa shape index (κ2) is 8.21. The first kappa shape index (κ1) is 17.6. The number of aromatic nitrogens is 2. The number of nitrogens with one attached hydrogen (secondary N) is 2. The molecule has 0 aromatic carbocycles. The Bertz CT molecular complexity index is 608. The molecular weight excluding hydrogens is 318 g/mol. The van der Waals surface area contributed by atoms with E-state index in [4.69, 9.17) is 0 Å². The molecule has 2 heterocycles. The van der Waals surface area contributed by atoms with Crippen molar-refractivity contribution in [2.45, 2.75) is 19.3 Å². The summed E-state index contributed by atoms with van der Waals surface area (Å²) in [6.45, 7) is 2.30. The maximum atomic E-state index is 12.2. The highest BCUT2D eigenvalue weighted by Gasteiger charge is 2.26. The molecule has 128 valence electrons. The van der Waals surface area contributed by atoms with Gasteiger partial charge in [0.25, 0.3) is 0 Å². The first-order chi connectivity index (χ1) is 11.0. The Hall–Kier alpha value is -1.74. The van der Waals surface area contributed by atoms with Gasteiger partial charge in [0, 0.05) is 38.6 Å². The molecule has 1 aromatic heterocycles. The first-order valence-corrected chi connectivity index (χ1v) is 9.58. The predicted molar refractivity (Wildman–Crippen MR) is 87.4 cm³/mol. The van der Waals surface area contributed by atoms with E-state index in [0.717, 1.165) is 31.5 Å². The normalized spacial score (nSPS) is 18.7. The SMILES string of the molecule is CS(=O)(=O)NCCCNC(=O)[C@@H]1CCCN(c2cnccn2)C1. The fourth-order valence-electron chi connectivity index (χ4n) is 2.56. The van der Waals surface area contributed by atoms with E-state index >= 15 is 0 Å². The lowest BCUT2D eigenvalue weighted by Crippen LogP contribution is -2.43. The summed E-state index contributed by atoms with van der Waals surface area (Å²) in [4.78, 5) is 22.6. The van der Waals surface area contributed by atoms with E-state index in [-0.39, 0.29) is 11.8 Å². The Kier molecular flexibility index (Phi) is 6.28. The van der Waals surface area contributed by atoms with Crippen LogP contribution in [0, 0.1) is 5.92 Å². The van der Waals surface area contributed by atoms with Gasteiger partial charge in [-0.1, -0.05) is 0 Å². The lowest BCUT2D eigenvalue weighted by molar-refractivity contribution is -0.125. The molecule has 0 spiro atoms. The molecule has 2 rings (SSSR count). The number of rotatable bonds is 7. The summed E-state index contributed by atoms with van der Waals surface area (Å²) in [6.07, 6.45) is 8.45. The third-order valence-electron chi connectivity index (χ3n) is 3.68. The molecule has 0 saturated carbocycles. The van der Waals surface area contributed by atoms with Crippen LogP contribution in [0.4, 0.5) is 5.82 Å². The van der Waals surface area contributed by atoms with Gasteiger partial charge in [-0.15, -0.1) is 0 Å². The summed E-state index contributed by atoms with van der Waals surface area (Å²) in [6, 6.07) is 0. The largest absolute Gasteiger partial charge is 0.356 e. The molecule has 1 amide bonds. The zero-order chi connectivity index (χ0) is 16.7. The van der Waals surface area contributed by atoms with Crippen molar-refractivity contribution in [2.24, 2.45) is 5.92 Å². The lowest BCUT2D eigenvalue weighted by Gasteiger charge is -2.32. The topological polar surface area (TPSA) is 104 Å². The van der Waals surface area contributed by atoms with Crippen molar-refractivity contribution in [3.05, 3.63) is 18.6 Å². The van der Waals surface area contributed by atoms with E-state index in [2.05, 4.69) is 24.9 Å². The van der Waals surface area contributed by atoms with Crippen LogP contribution in [0.2, 0.25) is 0 Å². The molecule has 2 N–H and O–H groups in total. The van der Waals surface area contributed by atoms with Gasteiger partial charge in [0.15, 0.2) is 0 Å². The van der Waals surface area contributed by atoms with E-state index in [1.807, 2.05) is 0 Å². The van der Waals surface area contributed by atoms with Gasteiger partial charge in [-0.05, 0) is 19.3 Å². The summed E-state index contributed by atoms with van der Waals surface area (Å²) in [5, 5.41) is 2.87. The van der Waals surface area contributed by atoms with Gasteiger partial charge in [0.1, 0.15) is 5.82 Å². The van der Waals surface area contributed by atoms with Gasteiger partial charge >= 0.3 is 0 Å². The molecule has 1 fully saturated rings. The Labute approximate surface area is 136 Å². The number of hydrogen-bond acceptors (Lipinski definition) is 6. The van der Waals surface area contributed by atoms with Crippen LogP contribution in [0.3, 0.4) is 0 Å². The van der Waals surface area contributed by atoms with Gasteiger partial charge in [-0.25, -0.2) is 18.1 Å². The third kappa shape index (κ3) is 6.11. The van der Waals surface area contributed by atoms with Gasteiger partial charge < -0.3 is 10.2 Å². The number of nitrogens with zero attached hydrogens (tertiary/aromatic N) is 3. The van der Waals surface area contributed by atoms with Crippen LogP contribution in [0.25, 0.3) is 0 Å². The van der Waals surface area contributed by atoms with Crippen LogP contribution in [-0.2, 0) is 14.8 Å². The van der Waals surface area contributed by atoms with Crippen molar-refractivity contribution in [1.82, 2.24) is 20.0 Å². The molecule has 8 nitrogen and oxygen atoms in total. The van der Waals surface area contributed by atoms with Crippen molar-refractivity contribution in [3.63, 3.8) is 0 Å². The van der Waals surface area contributed by atoms with Crippen molar-refractivity contribution in [1.29, 1.82) is 0 Å². The quantitative estimate of drug-likeness (QED) is 0.663. The number of anilines is 1. The van der Waals surface area contributed by atoms with Crippen LogP contribution in [0.5, 0.6) is 0 Å². The zero-order valence-corrected chi connectivity index (χ0v) is 14.1. The van der Waals surface area contributed by atoms with Crippen LogP contribution in [-0.4, -0.2) is 56.7 Å². The van der Waals surface area contributed by atoms with E-state index in [1.54, 1.807) is 18.6 Å². The molecular formula is C14H23N5O3S. The molecule has 0 unspecified atom stereocenters. The van der Waals surface area contributed by atoms with Crippen LogP contribution in [0.1, 0.15) is 19.3 Å². The fourth-order valence-corrected chi connectivity index (χ4v) is 3.07. The van der Waals surface area contributed by atoms with Crippen LogP contribution >= 0.6 is 0 Å². The minimum absolute atomic E-state index is 0.0120. The molecule has 1 aliphatic rings. The van der Waals surface area contributed by atoms with E-state index in [9.17, 15) is 13.2 Å². The van der Waals surface area contributed by atoms with Gasteiger partial charge in [-0.3, -0.25) is 9.78 Å². The number of carbonyl (C=O) groups excluding carboxylic acids is 1. The average Bonchev–Trinajstić information content (AvgIpc) is 2.54. The maximum absolute atomic E-state index is 12.2. The summed E-state index contributed by atoms with van der Waals surface area (Å²) in [5.74, 6) is 0.730. The molecule has 9 heteroatoms. The Morgan fingerprint density at radius 1 is 1.39 bits per heavy atom. The zero-order valence-electron chi connectivity index (χ0n) is 13.2. The summed E-state index contributed by atoms with van der Waals surface area (Å²) in [7, 11) is -3.17. The second-order valence-electron chi connectivity index (χ2n) is 5.66. The Balaban J connectivity index is 1.74. The van der Waals surface area contributed by atoms with E-state index in [1.165, 1.54) is 0 Å². The molecule has 1 atom stereocenters. The van der Waals surface area contributed by atoms with Crippen LogP contribution in [0.15, 0.2) is 18.6 Å². The number of piperidine rings is 1. The Morgan fingerprint density at radius 2 is 2.22 bits per heavy atom. The number of sulfonamides is 1. The van der Waals surface area contributed by atoms with Crippen molar-refractivity contribution in [2.75, 3.05) is 37.3 Å². The molecule has 0 radical (unpaired) electrons. The molecule has 1 aliphatic heterocycles. The Morgan fingerprint density at radius 3 is 2.91 bits per heavy atom. The highest BCUT2D eigenvalue weighted by molar-refractivity contribution is 7.88. The highest BCUT2D eigenvalue weighted by Crippen LogP contribution is 2.20. The predicted octanol–water partition coefficient (Wildman–Crippen LogP) is -0.251. The lowest BCUT2D eigenvalue weighted by atomic mass is 9.97. The standard InChI is InChI=1S/C14H23N5O3S/c1-23(21,22)18-6-3-5-17-14(20)12-4-2-9-19(11-12)13-10-15-7-8-16-13/h7-8,10,12,18H,2-6,9,11H2,1H3,(H,17,20)/t12-/m1/s1. The first-order valence-electron chi connectivity index (χ1n) is 7.69. The second-order valence-corrected chi connectivity index (χ2v) is 7.49. The smallest absolute Gasteiger partial charge is 0.224 e. The van der Waals surface area contributed by atoms with Gasteiger partial charge in [0.05, 0.1) is 18.4 Å². The molecule has 1 saturated heterocycles. The average molecular weight is 341 g/mol. The number of amides is 1. The van der Waals surface area contributed by atoms with Gasteiger partial charge in [-0.2, -0.15) is 0 Å². The minimum atomic E-state index is -3.17. The fraction of sp³-hybridized carbons (Fsp3) is 0.643. The molecule has 1 aromatic rings. The van der Waals surface area contributed by atoms with E-state index < -0.39 is 10.0 Å². The minimum Gasteiger partial charge on any atom is -0.356 e. The molecule has 0 aliphatic carbocycles. The maximum Gasteiger partial charge on any atom is 0.224 e. The monoisotopic (exact) mass is 341 g/mol. The van der Waals surface area contributed by atoms with Crippen LogP contribution < -0.4 is 14.9 Å². The number of carbonyl (C=O) groups is 1. The highest BCUT2D eigenvalue weighted by atomic mass is 32.2. The third-order valence-corrected chi connectivity index (χ3v) is 4.41. The van der Waals surface area contributed by atoms with E-state index in [0.29, 0.717) is 26.1 Å². The summed E-state index contributed by atoms with van der Waals surface area (Å²) < 4.78 is 24.3. The molecule has 23 heavy (non-hydrogen) atoms. The summed E-state index contributed by atoms with van der Waals surface area (Å²) in [5.41, 5.74) is 0. The van der Waals surface area contributed by atoms with Crippen molar-refractivity contribution in [3.8, 4) is 0 Å². The van der Waals surface area contributed by atoms with Crippen molar-refractivity contribution >= 4 is 21.7 Å². The van der Waals surface area contributed by atoms with Gasteiger partial charge in [0.2, 0.25) is 15.9 Å². The molecule has 0 bridgehead atoms.